The third-order valence-electron chi connectivity index (χ3n) is 5.61. The zero-order chi connectivity index (χ0) is 20.0. The van der Waals surface area contributed by atoms with Gasteiger partial charge in [-0.3, -0.25) is 9.59 Å². The number of benzene rings is 2. The van der Waals surface area contributed by atoms with Crippen LogP contribution >= 0.6 is 0 Å². The summed E-state index contributed by atoms with van der Waals surface area (Å²) in [5.74, 6) is -1.58. The standard InChI is InChI=1S/C21H20N2O5/c1-22-23-15(9-24)10-6-7-13-14(8-10)21(28)17-16(20(13)27)18(25)11-4-2-3-5-12(11)19(17)26/h2-5,10,22,24,27-28H,6-9H2,1H3/b23-15+. The summed E-state index contributed by atoms with van der Waals surface area (Å²) >= 11 is 0. The van der Waals surface area contributed by atoms with Gasteiger partial charge in [-0.1, -0.05) is 24.3 Å². The van der Waals surface area contributed by atoms with Crippen molar-refractivity contribution in [2.75, 3.05) is 13.7 Å². The number of hydrogen-bond donors (Lipinski definition) is 4. The van der Waals surface area contributed by atoms with E-state index < -0.39 is 11.6 Å². The maximum Gasteiger partial charge on any atom is 0.198 e. The van der Waals surface area contributed by atoms with E-state index in [0.29, 0.717) is 36.1 Å². The van der Waals surface area contributed by atoms with Gasteiger partial charge >= 0.3 is 0 Å². The molecule has 0 aliphatic heterocycles. The van der Waals surface area contributed by atoms with Crippen molar-refractivity contribution in [1.82, 2.24) is 5.43 Å². The SMILES string of the molecule is CN/N=C(\CO)C1CCc2c(O)c3c(c(O)c2C1)C(=O)c1ccccc1C3=O. The molecular weight excluding hydrogens is 360 g/mol. The second-order valence-corrected chi connectivity index (χ2v) is 7.03. The van der Waals surface area contributed by atoms with Crippen LogP contribution in [0.4, 0.5) is 0 Å². The van der Waals surface area contributed by atoms with Gasteiger partial charge in [0, 0.05) is 35.2 Å². The van der Waals surface area contributed by atoms with E-state index in [4.69, 9.17) is 0 Å². The van der Waals surface area contributed by atoms with Crippen LogP contribution in [0.2, 0.25) is 0 Å². The average Bonchev–Trinajstić information content (AvgIpc) is 2.72. The van der Waals surface area contributed by atoms with Crippen molar-refractivity contribution in [1.29, 1.82) is 0 Å². The van der Waals surface area contributed by atoms with Gasteiger partial charge in [0.05, 0.1) is 23.4 Å². The Labute approximate surface area is 161 Å². The van der Waals surface area contributed by atoms with Crippen molar-refractivity contribution in [3.63, 3.8) is 0 Å². The molecule has 2 aliphatic carbocycles. The normalized spacial score (nSPS) is 18.4. The molecule has 28 heavy (non-hydrogen) atoms. The lowest BCUT2D eigenvalue weighted by Crippen LogP contribution is -2.29. The Hall–Kier alpha value is -3.19. The predicted molar refractivity (Wildman–Crippen MR) is 102 cm³/mol. The molecule has 1 unspecified atom stereocenters. The minimum Gasteiger partial charge on any atom is -0.507 e. The number of aromatic hydroxyl groups is 2. The number of ketones is 2. The highest BCUT2D eigenvalue weighted by Gasteiger charge is 2.39. The molecule has 7 nitrogen and oxygen atoms in total. The van der Waals surface area contributed by atoms with Gasteiger partial charge in [0.1, 0.15) is 11.5 Å². The Bertz CT molecular complexity index is 1040. The third kappa shape index (κ3) is 2.51. The number of carbonyl (C=O) groups is 2. The molecule has 0 radical (unpaired) electrons. The molecule has 7 heteroatoms. The van der Waals surface area contributed by atoms with Gasteiger partial charge in [0.25, 0.3) is 0 Å². The number of aliphatic hydroxyl groups excluding tert-OH is 1. The number of carbonyl (C=O) groups excluding carboxylic acids is 2. The lowest BCUT2D eigenvalue weighted by molar-refractivity contribution is 0.0973. The van der Waals surface area contributed by atoms with Gasteiger partial charge < -0.3 is 20.7 Å². The third-order valence-corrected chi connectivity index (χ3v) is 5.61. The summed E-state index contributed by atoms with van der Waals surface area (Å²) in [6.07, 6.45) is 1.31. The molecule has 2 aromatic carbocycles. The molecule has 0 aromatic heterocycles. The molecule has 0 heterocycles. The van der Waals surface area contributed by atoms with E-state index in [0.717, 1.165) is 0 Å². The zero-order valence-electron chi connectivity index (χ0n) is 15.3. The molecule has 1 atom stereocenters. The highest BCUT2D eigenvalue weighted by atomic mass is 16.3. The first kappa shape index (κ1) is 18.2. The Morgan fingerprint density at radius 3 is 2.18 bits per heavy atom. The van der Waals surface area contributed by atoms with E-state index in [-0.39, 0.29) is 46.3 Å². The summed E-state index contributed by atoms with van der Waals surface area (Å²) in [5.41, 5.74) is 4.30. The Balaban J connectivity index is 1.88. The highest BCUT2D eigenvalue weighted by Crippen LogP contribution is 2.46. The van der Waals surface area contributed by atoms with Crippen LogP contribution in [0.25, 0.3) is 0 Å². The summed E-state index contributed by atoms with van der Waals surface area (Å²) in [6.45, 7) is -0.233. The zero-order valence-corrected chi connectivity index (χ0v) is 15.3. The van der Waals surface area contributed by atoms with Crippen molar-refractivity contribution in [3.05, 3.63) is 57.6 Å². The molecule has 0 saturated heterocycles. The molecule has 4 N–H and O–H groups in total. The topological polar surface area (TPSA) is 119 Å². The number of nitrogens with one attached hydrogen (secondary N) is 1. The summed E-state index contributed by atoms with van der Waals surface area (Å²) in [7, 11) is 1.63. The Morgan fingerprint density at radius 1 is 1.07 bits per heavy atom. The second kappa shape index (κ2) is 6.76. The summed E-state index contributed by atoms with van der Waals surface area (Å²) in [6, 6.07) is 6.40. The van der Waals surface area contributed by atoms with Gasteiger partial charge in [-0.25, -0.2) is 0 Å². The number of rotatable bonds is 3. The van der Waals surface area contributed by atoms with Crippen molar-refractivity contribution >= 4 is 17.3 Å². The highest BCUT2D eigenvalue weighted by molar-refractivity contribution is 6.30. The van der Waals surface area contributed by atoms with Crippen LogP contribution in [0.15, 0.2) is 29.4 Å². The monoisotopic (exact) mass is 380 g/mol. The second-order valence-electron chi connectivity index (χ2n) is 7.03. The van der Waals surface area contributed by atoms with E-state index in [1.54, 1.807) is 31.3 Å². The molecule has 0 spiro atoms. The van der Waals surface area contributed by atoms with Gasteiger partial charge in [0.2, 0.25) is 0 Å². The summed E-state index contributed by atoms with van der Waals surface area (Å²) in [5, 5.41) is 35.4. The first-order valence-corrected chi connectivity index (χ1v) is 9.11. The lowest BCUT2D eigenvalue weighted by Gasteiger charge is -2.30. The molecular formula is C21H20N2O5. The number of hydrogen-bond acceptors (Lipinski definition) is 7. The fourth-order valence-electron chi connectivity index (χ4n) is 4.25. The number of phenolic OH excluding ortho intramolecular Hbond substituents is 2. The number of fused-ring (bicyclic) bond motifs is 3. The Kier molecular flexibility index (Phi) is 4.39. The fraction of sp³-hybridized carbons (Fsp3) is 0.286. The molecule has 4 rings (SSSR count). The molecule has 144 valence electrons. The molecule has 0 bridgehead atoms. The Morgan fingerprint density at radius 2 is 1.64 bits per heavy atom. The summed E-state index contributed by atoms with van der Waals surface area (Å²) < 4.78 is 0. The van der Waals surface area contributed by atoms with E-state index in [9.17, 15) is 24.9 Å². The van der Waals surface area contributed by atoms with Crippen LogP contribution in [0.1, 0.15) is 49.4 Å². The molecule has 0 saturated carbocycles. The molecule has 0 amide bonds. The van der Waals surface area contributed by atoms with Crippen molar-refractivity contribution in [2.45, 2.75) is 19.3 Å². The van der Waals surface area contributed by atoms with Crippen LogP contribution in [-0.2, 0) is 12.8 Å². The first-order valence-electron chi connectivity index (χ1n) is 9.11. The minimum absolute atomic E-state index is 0.121. The molecule has 2 aromatic rings. The van der Waals surface area contributed by atoms with E-state index in [1.165, 1.54) is 0 Å². The fourth-order valence-corrected chi connectivity index (χ4v) is 4.25. The van der Waals surface area contributed by atoms with Crippen LogP contribution in [0, 0.1) is 5.92 Å². The van der Waals surface area contributed by atoms with Gasteiger partial charge in [-0.15, -0.1) is 0 Å². The van der Waals surface area contributed by atoms with Crippen molar-refractivity contribution in [2.24, 2.45) is 11.0 Å². The average molecular weight is 380 g/mol. The smallest absolute Gasteiger partial charge is 0.198 e. The van der Waals surface area contributed by atoms with Crippen LogP contribution in [0.3, 0.4) is 0 Å². The van der Waals surface area contributed by atoms with Crippen molar-refractivity contribution < 1.29 is 24.9 Å². The predicted octanol–water partition coefficient (Wildman–Crippen LogP) is 1.55. The maximum absolute atomic E-state index is 13.0. The minimum atomic E-state index is -0.478. The quantitative estimate of drug-likeness (QED) is 0.311. The van der Waals surface area contributed by atoms with Gasteiger partial charge in [-0.2, -0.15) is 5.10 Å². The van der Waals surface area contributed by atoms with E-state index in [1.807, 2.05) is 0 Å². The first-order chi connectivity index (χ1) is 13.5. The molecule has 2 aliphatic rings. The van der Waals surface area contributed by atoms with Crippen molar-refractivity contribution in [3.8, 4) is 11.5 Å². The lowest BCUT2D eigenvalue weighted by atomic mass is 9.75. The largest absolute Gasteiger partial charge is 0.507 e. The van der Waals surface area contributed by atoms with E-state index >= 15 is 0 Å². The van der Waals surface area contributed by atoms with Gasteiger partial charge in [0.15, 0.2) is 11.6 Å². The molecule has 0 fully saturated rings. The summed E-state index contributed by atoms with van der Waals surface area (Å²) in [4.78, 5) is 25.9. The van der Waals surface area contributed by atoms with Gasteiger partial charge in [-0.05, 0) is 19.3 Å². The number of nitrogens with zero attached hydrogens (tertiary/aromatic N) is 1. The van der Waals surface area contributed by atoms with Crippen LogP contribution < -0.4 is 5.43 Å². The van der Waals surface area contributed by atoms with Crippen LogP contribution in [-0.4, -0.2) is 46.3 Å². The van der Waals surface area contributed by atoms with E-state index in [2.05, 4.69) is 10.5 Å². The van der Waals surface area contributed by atoms with Crippen LogP contribution in [0.5, 0.6) is 11.5 Å². The maximum atomic E-state index is 13.0. The number of hydrazone groups is 1. The number of phenols is 2. The number of aliphatic hydroxyl groups is 1.